The number of amides is 1. The predicted molar refractivity (Wildman–Crippen MR) is 91.7 cm³/mol. The third kappa shape index (κ3) is 3.33. The van der Waals surface area contributed by atoms with Crippen molar-refractivity contribution in [3.8, 4) is 23.0 Å². The summed E-state index contributed by atoms with van der Waals surface area (Å²) in [6.45, 7) is 0. The molecule has 0 bridgehead atoms. The second-order valence-electron chi connectivity index (χ2n) is 4.79. The minimum Gasteiger partial charge on any atom is -0.493 e. The maximum absolute atomic E-state index is 12.6. The van der Waals surface area contributed by atoms with E-state index in [9.17, 15) is 4.79 Å². The molecule has 0 radical (unpaired) electrons. The fourth-order valence-electron chi connectivity index (χ4n) is 2.13. The first-order valence-corrected chi connectivity index (χ1v) is 7.52. The quantitative estimate of drug-likeness (QED) is 0.670. The second kappa shape index (κ2) is 7.09. The summed E-state index contributed by atoms with van der Waals surface area (Å²) in [6.07, 6.45) is 4.58. The van der Waals surface area contributed by atoms with E-state index in [4.69, 9.17) is 21.7 Å². The lowest BCUT2D eigenvalue weighted by Crippen LogP contribution is -2.24. The van der Waals surface area contributed by atoms with Gasteiger partial charge in [0.05, 0.1) is 20.4 Å². The molecule has 3 aromatic rings. The average molecular weight is 358 g/mol. The number of carbonyl (C=O) groups is 1. The summed E-state index contributed by atoms with van der Waals surface area (Å²) < 4.78 is 11.9. The standard InChI is InChI=1S/C15H14N6O3S/c1-23-11-4-3-9(7-12(11)24-2)14(22)20-21-13(18-19-15(21)25)10-8-16-5-6-17-10/h3-8H,1-2H3,(H,19,25)(H,20,22). The van der Waals surface area contributed by atoms with Crippen LogP contribution in [0, 0.1) is 4.77 Å². The Morgan fingerprint density at radius 3 is 2.72 bits per heavy atom. The number of carbonyl (C=O) groups excluding carboxylic acids is 1. The molecule has 0 fully saturated rings. The predicted octanol–water partition coefficient (Wildman–Crippen LogP) is 1.80. The number of nitrogens with one attached hydrogen (secondary N) is 2. The van der Waals surface area contributed by atoms with Gasteiger partial charge >= 0.3 is 0 Å². The van der Waals surface area contributed by atoms with Gasteiger partial charge in [-0.3, -0.25) is 15.2 Å². The van der Waals surface area contributed by atoms with Crippen LogP contribution in [-0.4, -0.2) is 45.0 Å². The van der Waals surface area contributed by atoms with E-state index in [0.29, 0.717) is 28.6 Å². The van der Waals surface area contributed by atoms with Crippen LogP contribution in [0.1, 0.15) is 10.4 Å². The van der Waals surface area contributed by atoms with Gasteiger partial charge in [-0.05, 0) is 30.4 Å². The summed E-state index contributed by atoms with van der Waals surface area (Å²) in [4.78, 5) is 20.7. The summed E-state index contributed by atoms with van der Waals surface area (Å²) in [6, 6.07) is 4.83. The minimum atomic E-state index is -0.399. The van der Waals surface area contributed by atoms with Gasteiger partial charge in [-0.2, -0.15) is 5.10 Å². The fraction of sp³-hybridized carbons (Fsp3) is 0.133. The van der Waals surface area contributed by atoms with E-state index < -0.39 is 5.91 Å². The number of rotatable bonds is 5. The molecule has 0 aliphatic heterocycles. The van der Waals surface area contributed by atoms with Crippen LogP contribution in [0.25, 0.3) is 11.5 Å². The van der Waals surface area contributed by atoms with Crippen molar-refractivity contribution < 1.29 is 14.3 Å². The van der Waals surface area contributed by atoms with Crippen molar-refractivity contribution in [2.45, 2.75) is 0 Å². The van der Waals surface area contributed by atoms with Gasteiger partial charge in [0.15, 0.2) is 11.5 Å². The normalized spacial score (nSPS) is 10.3. The highest BCUT2D eigenvalue weighted by Crippen LogP contribution is 2.27. The third-order valence-electron chi connectivity index (χ3n) is 3.32. The Bertz CT molecular complexity index is 953. The Morgan fingerprint density at radius 1 is 1.24 bits per heavy atom. The maximum atomic E-state index is 12.6. The molecule has 1 amide bonds. The third-order valence-corrected chi connectivity index (χ3v) is 3.60. The van der Waals surface area contributed by atoms with Crippen LogP contribution in [0.2, 0.25) is 0 Å². The van der Waals surface area contributed by atoms with Crippen LogP contribution >= 0.6 is 12.2 Å². The van der Waals surface area contributed by atoms with Crippen molar-refractivity contribution >= 4 is 18.1 Å². The maximum Gasteiger partial charge on any atom is 0.270 e. The lowest BCUT2D eigenvalue weighted by Gasteiger charge is -2.11. The Hall–Kier alpha value is -3.27. The lowest BCUT2D eigenvalue weighted by molar-refractivity contribution is 0.101. The topological polar surface area (TPSA) is 107 Å². The summed E-state index contributed by atoms with van der Waals surface area (Å²) in [5.74, 6) is 0.912. The molecule has 0 saturated carbocycles. The fourth-order valence-corrected chi connectivity index (χ4v) is 2.31. The van der Waals surface area contributed by atoms with E-state index in [1.165, 1.54) is 37.5 Å². The molecule has 25 heavy (non-hydrogen) atoms. The van der Waals surface area contributed by atoms with E-state index in [0.717, 1.165) is 0 Å². The molecule has 2 N–H and O–H groups in total. The number of aromatic amines is 1. The van der Waals surface area contributed by atoms with Crippen molar-refractivity contribution in [3.63, 3.8) is 0 Å². The number of methoxy groups -OCH3 is 2. The first-order chi connectivity index (χ1) is 12.1. The summed E-state index contributed by atoms with van der Waals surface area (Å²) in [5.41, 5.74) is 3.51. The minimum absolute atomic E-state index is 0.217. The molecule has 2 aromatic heterocycles. The SMILES string of the molecule is COc1ccc(C(=O)Nn2c(-c3cnccn3)n[nH]c2=S)cc1OC. The first-order valence-electron chi connectivity index (χ1n) is 7.11. The van der Waals surface area contributed by atoms with Gasteiger partial charge in [0.25, 0.3) is 5.91 Å². The number of aromatic nitrogens is 5. The van der Waals surface area contributed by atoms with Gasteiger partial charge in [0.1, 0.15) is 5.69 Å². The van der Waals surface area contributed by atoms with Crippen molar-refractivity contribution in [1.29, 1.82) is 0 Å². The Balaban J connectivity index is 1.92. The zero-order chi connectivity index (χ0) is 17.8. The van der Waals surface area contributed by atoms with Crippen LogP contribution in [0.15, 0.2) is 36.8 Å². The highest BCUT2D eigenvalue weighted by Gasteiger charge is 2.15. The molecular formula is C15H14N6O3S. The number of benzene rings is 1. The summed E-state index contributed by atoms with van der Waals surface area (Å²) in [5, 5.41) is 6.70. The van der Waals surface area contributed by atoms with Crippen LogP contribution in [0.5, 0.6) is 11.5 Å². The lowest BCUT2D eigenvalue weighted by atomic mass is 10.2. The van der Waals surface area contributed by atoms with E-state index in [2.05, 4.69) is 25.6 Å². The molecular weight excluding hydrogens is 344 g/mol. The molecule has 0 spiro atoms. The van der Waals surface area contributed by atoms with Crippen LogP contribution in [0.4, 0.5) is 0 Å². The van der Waals surface area contributed by atoms with E-state index in [-0.39, 0.29) is 4.77 Å². The molecule has 1 aromatic carbocycles. The Kier molecular flexibility index (Phi) is 4.70. The van der Waals surface area contributed by atoms with E-state index >= 15 is 0 Å². The molecule has 3 rings (SSSR count). The molecule has 0 aliphatic carbocycles. The molecule has 128 valence electrons. The molecule has 0 atom stereocenters. The van der Waals surface area contributed by atoms with Crippen molar-refractivity contribution in [2.75, 3.05) is 19.6 Å². The molecule has 0 unspecified atom stereocenters. The molecule has 2 heterocycles. The van der Waals surface area contributed by atoms with Crippen molar-refractivity contribution in [1.82, 2.24) is 24.8 Å². The second-order valence-corrected chi connectivity index (χ2v) is 5.18. The van der Waals surface area contributed by atoms with Gasteiger partial charge in [-0.15, -0.1) is 0 Å². The highest BCUT2D eigenvalue weighted by molar-refractivity contribution is 7.71. The van der Waals surface area contributed by atoms with Crippen molar-refractivity contribution in [2.24, 2.45) is 0 Å². The largest absolute Gasteiger partial charge is 0.493 e. The van der Waals surface area contributed by atoms with E-state index in [1.54, 1.807) is 18.2 Å². The average Bonchev–Trinajstić information content (AvgIpc) is 3.02. The van der Waals surface area contributed by atoms with E-state index in [1.807, 2.05) is 0 Å². The van der Waals surface area contributed by atoms with Gasteiger partial charge in [0, 0.05) is 18.0 Å². The zero-order valence-corrected chi connectivity index (χ0v) is 14.2. The van der Waals surface area contributed by atoms with Crippen LogP contribution in [-0.2, 0) is 0 Å². The van der Waals surface area contributed by atoms with Gasteiger partial charge in [0.2, 0.25) is 10.6 Å². The number of hydrogen-bond donors (Lipinski definition) is 2. The van der Waals surface area contributed by atoms with Gasteiger partial charge < -0.3 is 9.47 Å². The van der Waals surface area contributed by atoms with Crippen LogP contribution in [0.3, 0.4) is 0 Å². The number of H-pyrrole nitrogens is 1. The summed E-state index contributed by atoms with van der Waals surface area (Å²) in [7, 11) is 3.02. The first kappa shape index (κ1) is 16.6. The molecule has 0 aliphatic rings. The van der Waals surface area contributed by atoms with Gasteiger partial charge in [-0.25, -0.2) is 14.8 Å². The highest BCUT2D eigenvalue weighted by atomic mass is 32.1. The van der Waals surface area contributed by atoms with Crippen molar-refractivity contribution in [3.05, 3.63) is 47.1 Å². The summed E-state index contributed by atoms with van der Waals surface area (Å²) >= 11 is 5.17. The number of nitrogens with zero attached hydrogens (tertiary/aromatic N) is 4. The van der Waals surface area contributed by atoms with Crippen LogP contribution < -0.4 is 14.9 Å². The molecule has 0 saturated heterocycles. The number of ether oxygens (including phenoxy) is 2. The monoisotopic (exact) mass is 358 g/mol. The van der Waals surface area contributed by atoms with Gasteiger partial charge in [-0.1, -0.05) is 0 Å². The Morgan fingerprint density at radius 2 is 2.04 bits per heavy atom. The smallest absolute Gasteiger partial charge is 0.270 e. The molecule has 10 heteroatoms. The Labute approximate surface area is 147 Å². The molecule has 9 nitrogen and oxygen atoms in total. The number of hydrogen-bond acceptors (Lipinski definition) is 7. The zero-order valence-electron chi connectivity index (χ0n) is 13.4.